The summed E-state index contributed by atoms with van der Waals surface area (Å²) < 4.78 is 82.1. The van der Waals surface area contributed by atoms with Crippen LogP contribution in [0.4, 0.5) is 17.6 Å². The largest absolute Gasteiger partial charge is 0.416 e. The van der Waals surface area contributed by atoms with E-state index in [2.05, 4.69) is 5.32 Å². The molecule has 0 aromatic heterocycles. The second-order valence-electron chi connectivity index (χ2n) is 12.9. The van der Waals surface area contributed by atoms with E-state index in [1.165, 1.54) is 47.8 Å². The third kappa shape index (κ3) is 5.06. The highest BCUT2D eigenvalue weighted by Gasteiger charge is 2.75. The Kier molecular flexibility index (Phi) is 7.08. The Morgan fingerprint density at radius 2 is 1.62 bits per heavy atom. The van der Waals surface area contributed by atoms with Crippen molar-refractivity contribution in [3.63, 3.8) is 0 Å². The Balaban J connectivity index is 1.19. The molecule has 2 bridgehead atoms. The SMILES string of the molecule is C[C@]1(C(=O)CC2CCCCC2)CN=C(C23CC(N(Cc4ccc(C(F)(F)F)cc4)S(=O)(=O)c4ccc(F)cc4)(C2)C3)N1. The molecule has 2 aromatic rings. The van der Waals surface area contributed by atoms with Gasteiger partial charge in [0.2, 0.25) is 10.0 Å². The molecule has 11 heteroatoms. The van der Waals surface area contributed by atoms with Gasteiger partial charge >= 0.3 is 6.18 Å². The molecule has 0 amide bonds. The van der Waals surface area contributed by atoms with E-state index in [1.54, 1.807) is 0 Å². The van der Waals surface area contributed by atoms with Crippen LogP contribution in [-0.4, -0.2) is 42.0 Å². The predicted molar refractivity (Wildman–Crippen MR) is 150 cm³/mol. The van der Waals surface area contributed by atoms with Crippen LogP contribution in [0, 0.1) is 17.2 Å². The van der Waals surface area contributed by atoms with Crippen molar-refractivity contribution in [1.82, 2.24) is 9.62 Å². The van der Waals surface area contributed by atoms with E-state index < -0.39 is 38.7 Å². The Morgan fingerprint density at radius 1 is 1.00 bits per heavy atom. The van der Waals surface area contributed by atoms with Crippen molar-refractivity contribution < 1.29 is 30.8 Å². The lowest BCUT2D eigenvalue weighted by Gasteiger charge is -2.73. The van der Waals surface area contributed by atoms with E-state index in [4.69, 9.17) is 4.99 Å². The molecule has 1 atom stereocenters. The molecular weight excluding hydrogens is 570 g/mol. The maximum Gasteiger partial charge on any atom is 0.416 e. The number of alkyl halides is 3. The molecule has 0 saturated heterocycles. The lowest BCUT2D eigenvalue weighted by molar-refractivity contribution is -0.151. The fourth-order valence-corrected chi connectivity index (χ4v) is 9.13. The standard InChI is InChI=1S/C31H35F4N3O3S/c1-28(26(39)15-21-5-3-2-4-6-21)20-36-27(37-28)29-17-30(18-29,19-29)38(42(40,41)25-13-11-24(32)12-14-25)16-22-7-9-23(10-8-22)31(33,34)35/h7-14,21H,2-6,15-20H2,1H3,(H,36,37)/t28-,29?,30?/m1/s1. The van der Waals surface area contributed by atoms with Crippen LogP contribution in [0.25, 0.3) is 0 Å². The zero-order valence-electron chi connectivity index (χ0n) is 23.5. The van der Waals surface area contributed by atoms with E-state index in [9.17, 15) is 30.8 Å². The summed E-state index contributed by atoms with van der Waals surface area (Å²) in [5.41, 5.74) is -2.26. The number of ketones is 1. The Bertz CT molecular complexity index is 1480. The molecule has 6 nitrogen and oxygen atoms in total. The van der Waals surface area contributed by atoms with E-state index in [0.717, 1.165) is 42.9 Å². The van der Waals surface area contributed by atoms with Crippen LogP contribution in [0.3, 0.4) is 0 Å². The van der Waals surface area contributed by atoms with Crippen molar-refractivity contribution in [3.05, 3.63) is 65.5 Å². The summed E-state index contributed by atoms with van der Waals surface area (Å²) in [6, 6.07) is 9.06. The van der Waals surface area contributed by atoms with Crippen LogP contribution in [0.2, 0.25) is 0 Å². The van der Waals surface area contributed by atoms with Crippen LogP contribution in [-0.2, 0) is 27.5 Å². The van der Waals surface area contributed by atoms with Gasteiger partial charge in [-0.25, -0.2) is 12.8 Å². The summed E-state index contributed by atoms with van der Waals surface area (Å²) in [5, 5.41) is 3.42. The van der Waals surface area contributed by atoms with Gasteiger partial charge in [-0.05, 0) is 74.1 Å². The predicted octanol–water partition coefficient (Wildman–Crippen LogP) is 6.26. The summed E-state index contributed by atoms with van der Waals surface area (Å²) >= 11 is 0. The van der Waals surface area contributed by atoms with Crippen LogP contribution in [0.15, 0.2) is 58.4 Å². The molecule has 1 aliphatic heterocycles. The number of sulfonamides is 1. The third-order valence-corrected chi connectivity index (χ3v) is 11.8. The van der Waals surface area contributed by atoms with E-state index in [1.807, 2.05) is 6.92 Å². The third-order valence-electron chi connectivity index (χ3n) is 9.80. The number of rotatable bonds is 9. The van der Waals surface area contributed by atoms with Crippen molar-refractivity contribution in [1.29, 1.82) is 0 Å². The van der Waals surface area contributed by atoms with Crippen molar-refractivity contribution >= 4 is 21.6 Å². The number of hydrogen-bond acceptors (Lipinski definition) is 5. The van der Waals surface area contributed by atoms with Gasteiger partial charge in [0.1, 0.15) is 17.2 Å². The van der Waals surface area contributed by atoms with Gasteiger partial charge < -0.3 is 5.32 Å². The minimum Gasteiger partial charge on any atom is -0.360 e. The normalized spacial score (nSPS) is 29.4. The van der Waals surface area contributed by atoms with Gasteiger partial charge in [0.25, 0.3) is 0 Å². The van der Waals surface area contributed by atoms with Crippen LogP contribution in [0.1, 0.15) is 75.8 Å². The average molecular weight is 606 g/mol. The number of hydrogen-bond donors (Lipinski definition) is 1. The number of nitrogens with one attached hydrogen (secondary N) is 1. The second kappa shape index (κ2) is 10.1. The number of carbonyl (C=O) groups excluding carboxylic acids is 1. The molecule has 0 radical (unpaired) electrons. The number of aliphatic imine (C=N–C) groups is 1. The highest BCUT2D eigenvalue weighted by molar-refractivity contribution is 7.89. The molecular formula is C31H35F4N3O3S. The van der Waals surface area contributed by atoms with Gasteiger partial charge in [-0.1, -0.05) is 44.2 Å². The molecule has 226 valence electrons. The summed E-state index contributed by atoms with van der Waals surface area (Å²) in [6.07, 6.45) is 3.22. The maximum absolute atomic E-state index is 13.9. The molecule has 2 aromatic carbocycles. The lowest BCUT2D eigenvalue weighted by atomic mass is 9.38. The quantitative estimate of drug-likeness (QED) is 0.343. The molecule has 4 aliphatic carbocycles. The molecule has 1 N–H and O–H groups in total. The van der Waals surface area contributed by atoms with Crippen molar-refractivity contribution in [2.24, 2.45) is 16.3 Å². The van der Waals surface area contributed by atoms with Crippen molar-refractivity contribution in [3.8, 4) is 0 Å². The lowest BCUT2D eigenvalue weighted by Crippen LogP contribution is -2.78. The zero-order chi connectivity index (χ0) is 30.0. The van der Waals surface area contributed by atoms with Crippen LogP contribution >= 0.6 is 0 Å². The van der Waals surface area contributed by atoms with Crippen LogP contribution in [0.5, 0.6) is 0 Å². The number of Topliss-reactive ketones (excluding diaryl/α,β-unsaturated/α-hetero) is 1. The highest BCUT2D eigenvalue weighted by Crippen LogP contribution is 2.71. The van der Waals surface area contributed by atoms with Gasteiger partial charge in [-0.2, -0.15) is 17.5 Å². The molecule has 1 heterocycles. The Hall–Kier alpha value is -2.79. The maximum atomic E-state index is 13.9. The van der Waals surface area contributed by atoms with Gasteiger partial charge in [0, 0.05) is 23.9 Å². The van der Waals surface area contributed by atoms with E-state index >= 15 is 0 Å². The van der Waals surface area contributed by atoms with Crippen molar-refractivity contribution in [2.45, 2.75) is 93.4 Å². The summed E-state index contributed by atoms with van der Waals surface area (Å²) in [7, 11) is -4.11. The topological polar surface area (TPSA) is 78.8 Å². The summed E-state index contributed by atoms with van der Waals surface area (Å²) in [5.74, 6) is 0.761. The van der Waals surface area contributed by atoms with Crippen molar-refractivity contribution in [2.75, 3.05) is 6.54 Å². The number of halogens is 4. The van der Waals surface area contributed by atoms with E-state index in [0.29, 0.717) is 43.7 Å². The molecule has 4 saturated carbocycles. The molecule has 0 spiro atoms. The first-order valence-electron chi connectivity index (χ1n) is 14.6. The monoisotopic (exact) mass is 605 g/mol. The molecule has 42 heavy (non-hydrogen) atoms. The minimum absolute atomic E-state index is 0.0770. The Morgan fingerprint density at radius 3 is 2.21 bits per heavy atom. The van der Waals surface area contributed by atoms with Gasteiger partial charge in [-0.15, -0.1) is 0 Å². The first-order chi connectivity index (χ1) is 19.7. The first kappa shape index (κ1) is 29.3. The summed E-state index contributed by atoms with van der Waals surface area (Å²) in [6.45, 7) is 2.13. The number of nitrogens with zero attached hydrogens (tertiary/aromatic N) is 2. The first-order valence-corrected chi connectivity index (χ1v) is 16.0. The zero-order valence-corrected chi connectivity index (χ0v) is 24.3. The van der Waals surface area contributed by atoms with Gasteiger partial charge in [-0.3, -0.25) is 9.79 Å². The number of carbonyl (C=O) groups is 1. The van der Waals surface area contributed by atoms with Gasteiger partial charge in [0.05, 0.1) is 17.0 Å². The highest BCUT2D eigenvalue weighted by atomic mass is 32.2. The number of benzene rings is 2. The molecule has 4 fully saturated rings. The minimum atomic E-state index is -4.50. The average Bonchev–Trinajstić information content (AvgIpc) is 3.30. The van der Waals surface area contributed by atoms with Crippen LogP contribution < -0.4 is 5.32 Å². The fraction of sp³-hybridized carbons (Fsp3) is 0.548. The summed E-state index contributed by atoms with van der Waals surface area (Å²) in [4.78, 5) is 17.9. The van der Waals surface area contributed by atoms with Gasteiger partial charge in [0.15, 0.2) is 5.78 Å². The molecule has 7 rings (SSSR count). The molecule has 5 aliphatic rings. The molecule has 0 unspecified atom stereocenters. The smallest absolute Gasteiger partial charge is 0.360 e. The number of amidine groups is 1. The Labute approximate surface area is 243 Å². The van der Waals surface area contributed by atoms with E-state index in [-0.39, 0.29) is 22.6 Å². The second-order valence-corrected chi connectivity index (χ2v) is 14.8. The fourth-order valence-electron chi connectivity index (χ4n) is 7.37.